The molecule has 0 aromatic carbocycles. The van der Waals surface area contributed by atoms with E-state index in [0.717, 1.165) is 13.1 Å². The Hall–Kier alpha value is 1.16. The number of aliphatic hydroxyl groups excluding tert-OH is 1. The molecule has 3 N–H and O–H groups in total. The van der Waals surface area contributed by atoms with E-state index < -0.39 is 0 Å². The number of rotatable bonds is 1. The lowest BCUT2D eigenvalue weighted by Gasteiger charge is -2.25. The van der Waals surface area contributed by atoms with Gasteiger partial charge >= 0.3 is 0 Å². The zero-order chi connectivity index (χ0) is 9.97. The number of likely N-dealkylation sites (tertiary alicyclic amines) is 1. The minimum atomic E-state index is -0.312. The Morgan fingerprint density at radius 1 is 1.06 bits per heavy atom. The van der Waals surface area contributed by atoms with Crippen molar-refractivity contribution in [2.24, 2.45) is 5.73 Å². The van der Waals surface area contributed by atoms with Crippen molar-refractivity contribution in [3.05, 3.63) is 0 Å². The average molecular weight is 307 g/mol. The van der Waals surface area contributed by atoms with Crippen molar-refractivity contribution in [3.8, 4) is 0 Å². The Bertz CT molecular complexity index is 184. The minimum Gasteiger partial charge on any atom is -0.390 e. The van der Waals surface area contributed by atoms with Crippen LogP contribution in [0.2, 0.25) is 0 Å². The van der Waals surface area contributed by atoms with Gasteiger partial charge in [-0.1, -0.05) is 0 Å². The fraction of sp³-hybridized carbons (Fsp3) is 1.00. The molecule has 3 nitrogen and oxygen atoms in total. The van der Waals surface area contributed by atoms with Crippen molar-refractivity contribution < 1.29 is 5.11 Å². The van der Waals surface area contributed by atoms with Gasteiger partial charge < -0.3 is 10.8 Å². The van der Waals surface area contributed by atoms with Gasteiger partial charge in [0.25, 0.3) is 0 Å². The van der Waals surface area contributed by atoms with Gasteiger partial charge in [0.1, 0.15) is 0 Å². The Morgan fingerprint density at radius 2 is 1.62 bits per heavy atom. The molecule has 2 aliphatic rings. The Balaban J connectivity index is 0.00000112. The lowest BCUT2D eigenvalue weighted by atomic mass is 10.2. The summed E-state index contributed by atoms with van der Waals surface area (Å²) < 4.78 is 0. The van der Waals surface area contributed by atoms with E-state index in [-0.39, 0.29) is 37.0 Å². The molecule has 0 spiro atoms. The maximum absolute atomic E-state index is 9.59. The maximum atomic E-state index is 9.59. The molecule has 0 radical (unpaired) electrons. The molecule has 0 aromatic heterocycles. The van der Waals surface area contributed by atoms with Crippen LogP contribution in [0.5, 0.6) is 0 Å². The normalized spacial score (nSPS) is 32.6. The summed E-state index contributed by atoms with van der Waals surface area (Å²) in [5, 5.41) is 9.59. The van der Waals surface area contributed by atoms with E-state index in [4.69, 9.17) is 5.73 Å². The molecular weight excluding hydrogens is 287 g/mol. The van der Waals surface area contributed by atoms with Crippen molar-refractivity contribution in [1.29, 1.82) is 0 Å². The second-order valence-corrected chi connectivity index (χ2v) is 6.29. The van der Waals surface area contributed by atoms with Gasteiger partial charge in [-0.15, -0.1) is 24.8 Å². The summed E-state index contributed by atoms with van der Waals surface area (Å²) in [6.45, 7) is 1.64. The molecule has 7 heteroatoms. The molecule has 0 aromatic rings. The Labute approximate surface area is 118 Å². The standard InChI is InChI=1S/C9H18N2OS2.2ClH/c10-8-3-11(4-9(8)12)7-5-13-1-2-14-6-7;;/h7-9,12H,1-6,10H2;2*1H/t8-,9-;;/m1../s1. The summed E-state index contributed by atoms with van der Waals surface area (Å²) in [5.74, 6) is 4.94. The number of halogens is 2. The highest BCUT2D eigenvalue weighted by Crippen LogP contribution is 2.23. The van der Waals surface area contributed by atoms with Crippen LogP contribution in [0, 0.1) is 0 Å². The number of β-amino-alcohol motifs (C(OH)–C–C–N with tert-alkyl or cyclic N) is 1. The van der Waals surface area contributed by atoms with Crippen LogP contribution in [-0.2, 0) is 0 Å². The zero-order valence-corrected chi connectivity index (χ0v) is 12.3. The first kappa shape index (κ1) is 17.2. The Kier molecular flexibility index (Phi) is 8.90. The van der Waals surface area contributed by atoms with Crippen LogP contribution < -0.4 is 5.73 Å². The molecule has 2 fully saturated rings. The molecule has 0 saturated carbocycles. The first-order valence-electron chi connectivity index (χ1n) is 5.10. The van der Waals surface area contributed by atoms with Crippen molar-refractivity contribution >= 4 is 48.3 Å². The van der Waals surface area contributed by atoms with E-state index in [9.17, 15) is 5.11 Å². The lowest BCUT2D eigenvalue weighted by molar-refractivity contribution is 0.159. The molecule has 0 amide bonds. The van der Waals surface area contributed by atoms with Gasteiger partial charge in [0, 0.05) is 48.2 Å². The highest BCUT2D eigenvalue weighted by Gasteiger charge is 2.33. The van der Waals surface area contributed by atoms with Crippen molar-refractivity contribution in [3.63, 3.8) is 0 Å². The number of nitrogens with two attached hydrogens (primary N) is 1. The predicted octanol–water partition coefficient (Wildman–Crippen LogP) is 0.682. The first-order valence-corrected chi connectivity index (χ1v) is 7.41. The maximum Gasteiger partial charge on any atom is 0.0830 e. The summed E-state index contributed by atoms with van der Waals surface area (Å²) >= 11 is 4.06. The van der Waals surface area contributed by atoms with E-state index in [1.807, 2.05) is 23.5 Å². The molecular formula is C9H20Cl2N2OS2. The summed E-state index contributed by atoms with van der Waals surface area (Å²) in [7, 11) is 0. The number of nitrogens with zero attached hydrogens (tertiary/aromatic N) is 1. The second-order valence-electron chi connectivity index (χ2n) is 3.99. The van der Waals surface area contributed by atoms with Crippen LogP contribution >= 0.6 is 48.3 Å². The van der Waals surface area contributed by atoms with Crippen molar-refractivity contribution in [1.82, 2.24) is 4.90 Å². The predicted molar refractivity (Wildman–Crippen MR) is 78.5 cm³/mol. The van der Waals surface area contributed by atoms with Gasteiger partial charge in [0.2, 0.25) is 0 Å². The van der Waals surface area contributed by atoms with E-state index in [1.165, 1.54) is 23.0 Å². The second kappa shape index (κ2) is 8.29. The summed E-state index contributed by atoms with van der Waals surface area (Å²) in [6.07, 6.45) is -0.312. The summed E-state index contributed by atoms with van der Waals surface area (Å²) in [5.41, 5.74) is 5.81. The SMILES string of the molecule is Cl.Cl.N[C@@H]1CN(C2CSCCSC2)C[C@H]1O. The Morgan fingerprint density at radius 3 is 2.06 bits per heavy atom. The summed E-state index contributed by atoms with van der Waals surface area (Å²) in [4.78, 5) is 2.36. The van der Waals surface area contributed by atoms with Gasteiger partial charge in [0.05, 0.1) is 6.10 Å². The molecule has 2 rings (SSSR count). The summed E-state index contributed by atoms with van der Waals surface area (Å²) in [6, 6.07) is 0.587. The fourth-order valence-corrected chi connectivity index (χ4v) is 4.58. The average Bonchev–Trinajstić information content (AvgIpc) is 2.46. The van der Waals surface area contributed by atoms with Gasteiger partial charge in [0.15, 0.2) is 0 Å². The molecule has 2 aliphatic heterocycles. The van der Waals surface area contributed by atoms with Crippen molar-refractivity contribution in [2.75, 3.05) is 36.1 Å². The smallest absolute Gasteiger partial charge is 0.0830 e. The highest BCUT2D eigenvalue weighted by atomic mass is 35.5. The van der Waals surface area contributed by atoms with Gasteiger partial charge in [-0.05, 0) is 0 Å². The van der Waals surface area contributed by atoms with E-state index in [1.54, 1.807) is 0 Å². The molecule has 2 saturated heterocycles. The van der Waals surface area contributed by atoms with Gasteiger partial charge in [-0.2, -0.15) is 23.5 Å². The first-order chi connectivity index (χ1) is 6.77. The van der Waals surface area contributed by atoms with Crippen LogP contribution in [0.4, 0.5) is 0 Å². The molecule has 2 heterocycles. The number of aliphatic hydroxyl groups is 1. The van der Waals surface area contributed by atoms with E-state index in [2.05, 4.69) is 4.90 Å². The third-order valence-electron chi connectivity index (χ3n) is 2.87. The molecule has 98 valence electrons. The van der Waals surface area contributed by atoms with Crippen LogP contribution in [-0.4, -0.2) is 64.3 Å². The van der Waals surface area contributed by atoms with Gasteiger partial charge in [-0.25, -0.2) is 0 Å². The van der Waals surface area contributed by atoms with Crippen molar-refractivity contribution in [2.45, 2.75) is 18.2 Å². The quantitative estimate of drug-likeness (QED) is 0.746. The topological polar surface area (TPSA) is 49.5 Å². The molecule has 0 unspecified atom stereocenters. The van der Waals surface area contributed by atoms with Crippen LogP contribution in [0.3, 0.4) is 0 Å². The third kappa shape index (κ3) is 4.44. The number of thioether (sulfide) groups is 2. The lowest BCUT2D eigenvalue weighted by Crippen LogP contribution is -2.38. The molecule has 0 bridgehead atoms. The molecule has 0 aliphatic carbocycles. The minimum absolute atomic E-state index is 0. The van der Waals surface area contributed by atoms with E-state index >= 15 is 0 Å². The molecule has 2 atom stereocenters. The number of hydrogen-bond donors (Lipinski definition) is 2. The van der Waals surface area contributed by atoms with Gasteiger partial charge in [-0.3, -0.25) is 4.90 Å². The molecule has 16 heavy (non-hydrogen) atoms. The fourth-order valence-electron chi connectivity index (χ4n) is 1.96. The van der Waals surface area contributed by atoms with Crippen LogP contribution in [0.25, 0.3) is 0 Å². The largest absolute Gasteiger partial charge is 0.390 e. The number of hydrogen-bond acceptors (Lipinski definition) is 5. The van der Waals surface area contributed by atoms with Crippen LogP contribution in [0.1, 0.15) is 0 Å². The monoisotopic (exact) mass is 306 g/mol. The van der Waals surface area contributed by atoms with E-state index in [0.29, 0.717) is 6.04 Å². The third-order valence-corrected chi connectivity index (χ3v) is 5.35. The highest BCUT2D eigenvalue weighted by molar-refractivity contribution is 8.03. The van der Waals surface area contributed by atoms with Crippen LogP contribution in [0.15, 0.2) is 0 Å². The zero-order valence-electron chi connectivity index (χ0n) is 9.08.